The van der Waals surface area contributed by atoms with Gasteiger partial charge in [0.15, 0.2) is 11.6 Å². The highest BCUT2D eigenvalue weighted by atomic mass is 15.1. The molecular formula is C67H71N5. The average Bonchev–Trinajstić information content (AvgIpc) is 3.85. The number of nitrogens with one attached hydrogen (secondary N) is 1. The van der Waals surface area contributed by atoms with Gasteiger partial charge in [0.1, 0.15) is 11.7 Å². The van der Waals surface area contributed by atoms with E-state index in [1.807, 2.05) is 19.1 Å². The molecule has 3 aliphatic carbocycles. The van der Waals surface area contributed by atoms with Crippen LogP contribution in [0.1, 0.15) is 148 Å². The fraction of sp³-hybridized carbons (Fsp3) is 0.284. The maximum absolute atomic E-state index is 5.40. The molecule has 0 spiro atoms. The zero-order chi connectivity index (χ0) is 49.8. The first-order chi connectivity index (χ1) is 35.3. The maximum Gasteiger partial charge on any atom is 0.163 e. The molecule has 5 heteroatoms. The molecule has 72 heavy (non-hydrogen) atoms. The molecule has 1 N–H and O–H groups in total. The zero-order valence-corrected chi connectivity index (χ0v) is 42.9. The molecule has 0 amide bonds. The second-order valence-corrected chi connectivity index (χ2v) is 19.9. The molecule has 0 saturated heterocycles. The quantitative estimate of drug-likeness (QED) is 0.100. The van der Waals surface area contributed by atoms with Crippen LogP contribution in [0, 0.1) is 18.8 Å². The molecule has 4 aliphatic rings. The minimum Gasteiger partial charge on any atom is -0.363 e. The van der Waals surface area contributed by atoms with Crippen molar-refractivity contribution in [2.24, 2.45) is 16.8 Å². The van der Waals surface area contributed by atoms with Crippen LogP contribution in [0.4, 0.5) is 0 Å². The van der Waals surface area contributed by atoms with Crippen LogP contribution < -0.4 is 5.32 Å². The number of amidine groups is 1. The van der Waals surface area contributed by atoms with Gasteiger partial charge in [-0.15, -0.1) is 0 Å². The molecule has 0 bridgehead atoms. The van der Waals surface area contributed by atoms with Crippen LogP contribution in [0.15, 0.2) is 205 Å². The minimum absolute atomic E-state index is 0.00264. The van der Waals surface area contributed by atoms with Gasteiger partial charge in [0.2, 0.25) is 0 Å². The standard InChI is InChI=1S/C67H71N5/c1-7-11-25-47(6)62-45-63(69-64(68-62)59-38-39-61(48(10-4)40-59)60-37-20-15-26-46(60)5)55-35-21-34-54(41-55)53-30-17-19-32-57(44-53)66-70-65(56-31-18-16-29-51(42-56)50-27-13-12-14-28-50)71-67(72-66)58-36-22-33-52(43-58)49(23-8-2)24-9-3/h8-9,12-16,18,20-24,26-29,31,33-37,39,41-45,48,51,57,59,63H,2,6-7,10-11,17,19,25,30,32,38,40H2,1,3-5H3,(H,68,69)/b24-9-,49-23+/t48?,51-,57-,59-,63+/m0/s1. The summed E-state index contributed by atoms with van der Waals surface area (Å²) in [5, 5.41) is 4.00. The van der Waals surface area contributed by atoms with Gasteiger partial charge in [0.05, 0.1) is 11.7 Å². The molecule has 364 valence electrons. The van der Waals surface area contributed by atoms with Gasteiger partial charge in [0.25, 0.3) is 0 Å². The van der Waals surface area contributed by atoms with Crippen LogP contribution in [-0.2, 0) is 0 Å². The Morgan fingerprint density at radius 3 is 2.44 bits per heavy atom. The van der Waals surface area contributed by atoms with Crippen molar-refractivity contribution >= 4 is 28.1 Å². The molecule has 9 rings (SSSR count). The summed E-state index contributed by atoms with van der Waals surface area (Å²) >= 11 is 0. The van der Waals surface area contributed by atoms with Crippen LogP contribution in [0.2, 0.25) is 0 Å². The number of aryl methyl sites for hydroxylation is 1. The van der Waals surface area contributed by atoms with Crippen molar-refractivity contribution in [3.63, 3.8) is 0 Å². The van der Waals surface area contributed by atoms with E-state index in [0.717, 1.165) is 109 Å². The topological polar surface area (TPSA) is 63.1 Å². The summed E-state index contributed by atoms with van der Waals surface area (Å²) in [4.78, 5) is 21.4. The number of aliphatic imine (C=N–C) groups is 1. The number of benzene rings is 4. The van der Waals surface area contributed by atoms with Gasteiger partial charge < -0.3 is 5.32 Å². The van der Waals surface area contributed by atoms with Gasteiger partial charge in [-0.2, -0.15) is 0 Å². The van der Waals surface area contributed by atoms with Crippen molar-refractivity contribution in [2.75, 3.05) is 0 Å². The summed E-state index contributed by atoms with van der Waals surface area (Å²) < 4.78 is 0. The summed E-state index contributed by atoms with van der Waals surface area (Å²) in [6.07, 6.45) is 36.7. The number of rotatable bonds is 16. The van der Waals surface area contributed by atoms with E-state index in [2.05, 4.69) is 203 Å². The Hall–Kier alpha value is -7.24. The van der Waals surface area contributed by atoms with Crippen molar-refractivity contribution in [3.05, 3.63) is 245 Å². The number of nitrogens with zero attached hydrogens (tertiary/aromatic N) is 4. The van der Waals surface area contributed by atoms with E-state index in [0.29, 0.717) is 23.5 Å². The van der Waals surface area contributed by atoms with Crippen molar-refractivity contribution in [1.29, 1.82) is 0 Å². The summed E-state index contributed by atoms with van der Waals surface area (Å²) in [6.45, 7) is 17.5. The molecule has 0 radical (unpaired) electrons. The normalized spacial score (nSPS) is 21.4. The molecule has 1 aliphatic heterocycles. The Morgan fingerprint density at radius 1 is 0.819 bits per heavy atom. The molecule has 5 aromatic rings. The second-order valence-electron chi connectivity index (χ2n) is 19.9. The van der Waals surface area contributed by atoms with Crippen molar-refractivity contribution < 1.29 is 0 Å². The Morgan fingerprint density at radius 2 is 1.62 bits per heavy atom. The highest BCUT2D eigenvalue weighted by Gasteiger charge is 2.31. The van der Waals surface area contributed by atoms with E-state index in [9.17, 15) is 0 Å². The fourth-order valence-electron chi connectivity index (χ4n) is 10.9. The summed E-state index contributed by atoms with van der Waals surface area (Å²) in [5.41, 5.74) is 15.5. The maximum atomic E-state index is 5.40. The van der Waals surface area contributed by atoms with E-state index in [1.165, 1.54) is 39.0 Å². The molecule has 4 aromatic carbocycles. The predicted molar refractivity (Wildman–Crippen MR) is 305 cm³/mol. The number of allylic oxidation sites excluding steroid dienone is 16. The van der Waals surface area contributed by atoms with Crippen molar-refractivity contribution in [1.82, 2.24) is 20.3 Å². The van der Waals surface area contributed by atoms with Crippen molar-refractivity contribution in [3.8, 4) is 11.4 Å². The van der Waals surface area contributed by atoms with E-state index < -0.39 is 0 Å². The Labute approximate surface area is 429 Å². The number of unbranched alkanes of at least 4 members (excludes halogenated alkanes) is 1. The third-order valence-corrected chi connectivity index (χ3v) is 14.8. The molecule has 0 fully saturated rings. The van der Waals surface area contributed by atoms with Gasteiger partial charge in [-0.3, -0.25) is 0 Å². The number of hydrogen-bond acceptors (Lipinski definition) is 5. The van der Waals surface area contributed by atoms with Gasteiger partial charge in [-0.1, -0.05) is 198 Å². The lowest BCUT2D eigenvalue weighted by Crippen LogP contribution is -2.38. The first-order valence-corrected chi connectivity index (χ1v) is 26.6. The lowest BCUT2D eigenvalue weighted by molar-refractivity contribution is 0.471. The Bertz CT molecular complexity index is 3060. The highest BCUT2D eigenvalue weighted by molar-refractivity contribution is 5.89. The van der Waals surface area contributed by atoms with Crippen LogP contribution in [-0.4, -0.2) is 20.8 Å². The smallest absolute Gasteiger partial charge is 0.163 e. The third kappa shape index (κ3) is 11.7. The van der Waals surface area contributed by atoms with Crippen LogP contribution in [0.25, 0.3) is 33.7 Å². The molecule has 1 unspecified atom stereocenters. The average molecular weight is 946 g/mol. The third-order valence-electron chi connectivity index (χ3n) is 14.8. The highest BCUT2D eigenvalue weighted by Crippen LogP contribution is 2.41. The van der Waals surface area contributed by atoms with E-state index in [4.69, 9.17) is 19.9 Å². The number of aromatic nitrogens is 3. The van der Waals surface area contributed by atoms with E-state index in [1.54, 1.807) is 0 Å². The van der Waals surface area contributed by atoms with E-state index in [-0.39, 0.29) is 17.9 Å². The molecule has 5 nitrogen and oxygen atoms in total. The van der Waals surface area contributed by atoms with Gasteiger partial charge in [-0.05, 0) is 145 Å². The lowest BCUT2D eigenvalue weighted by Gasteiger charge is -2.34. The van der Waals surface area contributed by atoms with E-state index >= 15 is 0 Å². The SMILES string of the molecule is C=C/C=C(\C=C/C)c1cccc(-c2nc(C3=C[C@@H](c4ccccc4)C=CC=C3)nc([C@@H]3C=C(c4cccc([C@H]5C=C(C(=C)CCCC)N=C([C@H]6CC=C(c7ccccc7C)C(CC)C6)N5)c4)CCCC3)n2)c1. The van der Waals surface area contributed by atoms with Crippen LogP contribution >= 0.6 is 0 Å². The van der Waals surface area contributed by atoms with Crippen molar-refractivity contribution in [2.45, 2.75) is 110 Å². The molecule has 1 aromatic heterocycles. The first-order valence-electron chi connectivity index (χ1n) is 26.6. The number of hydrogen-bond donors (Lipinski definition) is 1. The monoisotopic (exact) mass is 946 g/mol. The largest absolute Gasteiger partial charge is 0.363 e. The Balaban J connectivity index is 1.07. The zero-order valence-electron chi connectivity index (χ0n) is 42.9. The van der Waals surface area contributed by atoms with Gasteiger partial charge in [0, 0.05) is 28.9 Å². The molecule has 0 saturated carbocycles. The minimum atomic E-state index is -0.0241. The summed E-state index contributed by atoms with van der Waals surface area (Å²) in [7, 11) is 0. The fourth-order valence-corrected chi connectivity index (χ4v) is 10.9. The predicted octanol–water partition coefficient (Wildman–Crippen LogP) is 17.2. The molecule has 5 atom stereocenters. The van der Waals surface area contributed by atoms with Crippen LogP contribution in [0.3, 0.4) is 0 Å². The lowest BCUT2D eigenvalue weighted by atomic mass is 9.75. The first kappa shape index (κ1) is 49.7. The Kier molecular flexibility index (Phi) is 16.4. The van der Waals surface area contributed by atoms with Gasteiger partial charge >= 0.3 is 0 Å². The summed E-state index contributed by atoms with van der Waals surface area (Å²) in [6, 6.07) is 37.2. The van der Waals surface area contributed by atoms with Gasteiger partial charge in [-0.25, -0.2) is 19.9 Å². The summed E-state index contributed by atoms with van der Waals surface area (Å²) in [5.74, 6) is 4.13. The van der Waals surface area contributed by atoms with Crippen LogP contribution in [0.5, 0.6) is 0 Å². The second kappa shape index (κ2) is 23.8. The molecular weight excluding hydrogens is 875 g/mol. The molecule has 2 heterocycles.